The summed E-state index contributed by atoms with van der Waals surface area (Å²) in [6.07, 6.45) is 3.15. The van der Waals surface area contributed by atoms with Gasteiger partial charge in [-0.2, -0.15) is 18.4 Å². The molecule has 0 saturated carbocycles. The third-order valence-electron chi connectivity index (χ3n) is 4.82. The van der Waals surface area contributed by atoms with Crippen LogP contribution >= 0.6 is 0 Å². The van der Waals surface area contributed by atoms with Gasteiger partial charge in [-0.3, -0.25) is 4.79 Å². The highest BCUT2D eigenvalue weighted by Gasteiger charge is 2.15. The fourth-order valence-corrected chi connectivity index (χ4v) is 3.68. The van der Waals surface area contributed by atoms with Crippen molar-refractivity contribution in [3.05, 3.63) is 65.2 Å². The maximum absolute atomic E-state index is 13.1. The summed E-state index contributed by atoms with van der Waals surface area (Å²) in [5.74, 6) is 0.106. The third-order valence-corrected chi connectivity index (χ3v) is 5.64. The molecule has 0 bridgehead atoms. The van der Waals surface area contributed by atoms with Gasteiger partial charge in [-0.15, -0.1) is 3.89 Å². The van der Waals surface area contributed by atoms with E-state index in [-0.39, 0.29) is 11.5 Å². The van der Waals surface area contributed by atoms with Gasteiger partial charge in [0.1, 0.15) is 11.6 Å². The van der Waals surface area contributed by atoms with E-state index in [2.05, 4.69) is 15.3 Å². The van der Waals surface area contributed by atoms with Crippen LogP contribution in [0.3, 0.4) is 0 Å². The Balaban J connectivity index is 1.53. The molecule has 2 aromatic carbocycles. The van der Waals surface area contributed by atoms with Crippen LogP contribution in [0.2, 0.25) is 0 Å². The van der Waals surface area contributed by atoms with E-state index in [0.29, 0.717) is 29.3 Å². The number of benzene rings is 2. The van der Waals surface area contributed by atoms with Gasteiger partial charge in [-0.25, -0.2) is 0 Å². The molecule has 0 unspecified atom stereocenters. The lowest BCUT2D eigenvalue weighted by atomic mass is 10.0. The van der Waals surface area contributed by atoms with E-state index < -0.39 is 21.0 Å². The Morgan fingerprint density at radius 1 is 0.938 bits per heavy atom. The maximum atomic E-state index is 13.1. The van der Waals surface area contributed by atoms with Gasteiger partial charge in [0.25, 0.3) is 5.91 Å². The molecule has 11 heteroatoms. The Kier molecular flexibility index (Phi) is 6.89. The number of amides is 1. The zero-order chi connectivity index (χ0) is 23.3. The van der Waals surface area contributed by atoms with Crippen molar-refractivity contribution in [2.24, 2.45) is 0 Å². The molecule has 0 atom stereocenters. The molecule has 3 rings (SSSR count). The van der Waals surface area contributed by atoms with E-state index in [0.717, 1.165) is 37.0 Å². The number of unbranched alkanes of at least 4 members (excludes halogenated alkanes) is 1. The SMILES string of the molecule is Nc1nc(N)c(CCCCc2ccc(NC(=O)c3cccc(S(=O)(=O)F)c3)cc2)c(N)n1. The minimum absolute atomic E-state index is 0.0398. The molecule has 1 amide bonds. The molecule has 7 N–H and O–H groups in total. The number of nitrogen functional groups attached to an aromatic ring is 3. The molecule has 0 fully saturated rings. The number of aryl methyl sites for hydroxylation is 1. The Morgan fingerprint density at radius 2 is 1.56 bits per heavy atom. The summed E-state index contributed by atoms with van der Waals surface area (Å²) in [6.45, 7) is 0. The lowest BCUT2D eigenvalue weighted by molar-refractivity contribution is 0.102. The van der Waals surface area contributed by atoms with Crippen LogP contribution in [0.25, 0.3) is 0 Å². The number of halogens is 1. The smallest absolute Gasteiger partial charge is 0.332 e. The van der Waals surface area contributed by atoms with Crippen molar-refractivity contribution in [1.29, 1.82) is 0 Å². The summed E-state index contributed by atoms with van der Waals surface area (Å²) in [5.41, 5.74) is 19.6. The zero-order valence-electron chi connectivity index (χ0n) is 17.1. The topological polar surface area (TPSA) is 167 Å². The fourth-order valence-electron chi connectivity index (χ4n) is 3.17. The largest absolute Gasteiger partial charge is 0.383 e. The molecule has 9 nitrogen and oxygen atoms in total. The van der Waals surface area contributed by atoms with Crippen molar-refractivity contribution in [3.8, 4) is 0 Å². The monoisotopic (exact) mass is 458 g/mol. The number of nitrogens with one attached hydrogen (secondary N) is 1. The molecule has 0 radical (unpaired) electrons. The standard InChI is InChI=1S/C21H23FN6O3S/c22-32(30,31)16-6-3-5-14(12-16)20(29)26-15-10-8-13(9-11-15)4-1-2-7-17-18(23)27-21(25)28-19(17)24/h3,5-6,8-12H,1-2,4,7H2,(H,26,29)(H6,23,24,25,27,28). The van der Waals surface area contributed by atoms with Crippen molar-refractivity contribution in [3.63, 3.8) is 0 Å². The molecule has 3 aromatic rings. The highest BCUT2D eigenvalue weighted by molar-refractivity contribution is 7.86. The van der Waals surface area contributed by atoms with Gasteiger partial charge in [0.2, 0.25) is 5.95 Å². The molecule has 0 aliphatic carbocycles. The van der Waals surface area contributed by atoms with Gasteiger partial charge < -0.3 is 22.5 Å². The van der Waals surface area contributed by atoms with Gasteiger partial charge in [-0.05, 0) is 61.6 Å². The van der Waals surface area contributed by atoms with Crippen LogP contribution in [0.1, 0.15) is 34.3 Å². The highest BCUT2D eigenvalue weighted by Crippen LogP contribution is 2.20. The lowest BCUT2D eigenvalue weighted by Crippen LogP contribution is -2.12. The van der Waals surface area contributed by atoms with Gasteiger partial charge in [0, 0.05) is 16.8 Å². The van der Waals surface area contributed by atoms with Crippen molar-refractivity contribution in [2.75, 3.05) is 22.5 Å². The van der Waals surface area contributed by atoms with Crippen LogP contribution in [0.4, 0.5) is 27.2 Å². The average Bonchev–Trinajstić information content (AvgIpc) is 2.73. The van der Waals surface area contributed by atoms with E-state index >= 15 is 0 Å². The summed E-state index contributed by atoms with van der Waals surface area (Å²) in [4.78, 5) is 19.6. The summed E-state index contributed by atoms with van der Waals surface area (Å²) in [5, 5.41) is 2.66. The molecule has 168 valence electrons. The number of rotatable bonds is 8. The predicted octanol–water partition coefficient (Wildman–Crippen LogP) is 2.70. The van der Waals surface area contributed by atoms with Crippen LogP contribution < -0.4 is 22.5 Å². The minimum Gasteiger partial charge on any atom is -0.383 e. The number of nitrogens with two attached hydrogens (primary N) is 3. The van der Waals surface area contributed by atoms with Crippen molar-refractivity contribution >= 4 is 39.4 Å². The van der Waals surface area contributed by atoms with E-state index in [1.807, 2.05) is 12.1 Å². The molecule has 0 aliphatic rings. The Labute approximate surface area is 185 Å². The first kappa shape index (κ1) is 22.9. The van der Waals surface area contributed by atoms with E-state index in [4.69, 9.17) is 17.2 Å². The number of anilines is 4. The quantitative estimate of drug-likeness (QED) is 0.295. The summed E-state index contributed by atoms with van der Waals surface area (Å²) in [6, 6.07) is 12.0. The third kappa shape index (κ3) is 5.91. The Bertz CT molecular complexity index is 1210. The Morgan fingerprint density at radius 3 is 2.19 bits per heavy atom. The summed E-state index contributed by atoms with van der Waals surface area (Å²) >= 11 is 0. The van der Waals surface area contributed by atoms with Crippen LogP contribution in [-0.2, 0) is 23.1 Å². The summed E-state index contributed by atoms with van der Waals surface area (Å²) < 4.78 is 35.2. The van der Waals surface area contributed by atoms with Gasteiger partial charge >= 0.3 is 10.2 Å². The molecule has 1 heterocycles. The number of hydrogen-bond donors (Lipinski definition) is 4. The summed E-state index contributed by atoms with van der Waals surface area (Å²) in [7, 11) is -4.88. The molecule has 32 heavy (non-hydrogen) atoms. The molecule has 0 saturated heterocycles. The molecular weight excluding hydrogens is 435 g/mol. The van der Waals surface area contributed by atoms with E-state index in [1.54, 1.807) is 12.1 Å². The van der Waals surface area contributed by atoms with Crippen LogP contribution in [-0.4, -0.2) is 24.3 Å². The van der Waals surface area contributed by atoms with Crippen molar-refractivity contribution in [2.45, 2.75) is 30.6 Å². The van der Waals surface area contributed by atoms with Crippen molar-refractivity contribution in [1.82, 2.24) is 9.97 Å². The van der Waals surface area contributed by atoms with Crippen LogP contribution in [0, 0.1) is 0 Å². The molecular formula is C21H23FN6O3S. The number of hydrogen-bond acceptors (Lipinski definition) is 8. The second-order valence-corrected chi connectivity index (χ2v) is 8.50. The first-order chi connectivity index (χ1) is 15.1. The normalized spacial score (nSPS) is 11.3. The average molecular weight is 459 g/mol. The fraction of sp³-hybridized carbons (Fsp3) is 0.190. The predicted molar refractivity (Wildman–Crippen MR) is 121 cm³/mol. The first-order valence-electron chi connectivity index (χ1n) is 9.76. The van der Waals surface area contributed by atoms with Gasteiger partial charge in [0.05, 0.1) is 4.90 Å². The highest BCUT2D eigenvalue weighted by atomic mass is 32.3. The number of nitrogens with zero attached hydrogens (tertiary/aromatic N) is 2. The van der Waals surface area contributed by atoms with Crippen LogP contribution in [0.15, 0.2) is 53.4 Å². The zero-order valence-corrected chi connectivity index (χ0v) is 17.9. The maximum Gasteiger partial charge on any atom is 0.332 e. The minimum atomic E-state index is -4.88. The van der Waals surface area contributed by atoms with E-state index in [9.17, 15) is 17.1 Å². The molecule has 0 spiro atoms. The first-order valence-corrected chi connectivity index (χ1v) is 11.1. The van der Waals surface area contributed by atoms with E-state index in [1.165, 1.54) is 12.1 Å². The molecule has 0 aliphatic heterocycles. The Hall–Kier alpha value is -3.73. The van der Waals surface area contributed by atoms with Gasteiger partial charge in [0.15, 0.2) is 0 Å². The van der Waals surface area contributed by atoms with Crippen LogP contribution in [0.5, 0.6) is 0 Å². The number of carbonyl (C=O) groups excluding carboxylic acids is 1. The lowest BCUT2D eigenvalue weighted by Gasteiger charge is -2.09. The van der Waals surface area contributed by atoms with Gasteiger partial charge in [-0.1, -0.05) is 18.2 Å². The number of carbonyl (C=O) groups is 1. The second kappa shape index (κ2) is 9.60. The molecule has 1 aromatic heterocycles. The second-order valence-electron chi connectivity index (χ2n) is 7.15. The van der Waals surface area contributed by atoms with Crippen molar-refractivity contribution < 1.29 is 17.1 Å². The number of aromatic nitrogens is 2.